The number of nitrogens with zero attached hydrogens (tertiary/aromatic N) is 2. The largest absolute Gasteiger partial charge is 0.385 e. The van der Waals surface area contributed by atoms with Crippen LogP contribution < -0.4 is 10.6 Å². The number of hydrogen-bond donors (Lipinski definition) is 2. The van der Waals surface area contributed by atoms with E-state index < -0.39 is 5.92 Å². The molecule has 3 rings (SSSR count). The summed E-state index contributed by atoms with van der Waals surface area (Å²) in [5.41, 5.74) is 4.21. The number of rotatable bonds is 7. The molecule has 1 aliphatic heterocycles. The van der Waals surface area contributed by atoms with Crippen LogP contribution >= 0.6 is 0 Å². The Bertz CT molecular complexity index is 863. The van der Waals surface area contributed by atoms with Crippen molar-refractivity contribution < 1.29 is 9.18 Å². The summed E-state index contributed by atoms with van der Waals surface area (Å²) in [6.45, 7) is 3.98. The van der Waals surface area contributed by atoms with E-state index in [9.17, 15) is 9.18 Å². The first-order chi connectivity index (χ1) is 12.9. The average molecular weight is 368 g/mol. The van der Waals surface area contributed by atoms with E-state index in [-0.39, 0.29) is 11.7 Å². The zero-order valence-corrected chi connectivity index (χ0v) is 15.9. The number of aryl methyl sites for hydroxylation is 1. The van der Waals surface area contributed by atoms with Crippen LogP contribution in [-0.4, -0.2) is 44.2 Å². The van der Waals surface area contributed by atoms with Crippen LogP contribution in [0, 0.1) is 12.7 Å². The van der Waals surface area contributed by atoms with Crippen molar-refractivity contribution in [1.82, 2.24) is 4.90 Å². The van der Waals surface area contributed by atoms with Crippen LogP contribution in [0.5, 0.6) is 0 Å². The van der Waals surface area contributed by atoms with Gasteiger partial charge in [-0.3, -0.25) is 9.79 Å². The van der Waals surface area contributed by atoms with E-state index in [0.717, 1.165) is 36.4 Å². The molecule has 2 aromatic carbocycles. The third-order valence-corrected chi connectivity index (χ3v) is 4.57. The minimum absolute atomic E-state index is 0.185. The summed E-state index contributed by atoms with van der Waals surface area (Å²) in [5.74, 6) is -1.11. The molecule has 0 bridgehead atoms. The Hall–Kier alpha value is -2.73. The van der Waals surface area contributed by atoms with Crippen LogP contribution in [-0.2, 0) is 4.79 Å². The molecular weight excluding hydrogens is 343 g/mol. The normalized spacial score (nSPS) is 16.0. The standard InChI is InChI=1S/C21H25FN4O/c1-14-11-16(6-8-19(14)23-9-4-10-26(2)3)24-13-18-17-12-15(22)5-7-20(17)25-21(18)27/h5-8,11-13,18,23H,4,9-10H2,1-3H3,(H,25,27). The highest BCUT2D eigenvalue weighted by Gasteiger charge is 2.29. The highest BCUT2D eigenvalue weighted by molar-refractivity contribution is 6.12. The molecule has 0 spiro atoms. The van der Waals surface area contributed by atoms with Crippen molar-refractivity contribution in [3.63, 3.8) is 0 Å². The SMILES string of the molecule is Cc1cc(N=CC2C(=O)Nc3ccc(F)cc32)ccc1NCCCN(C)C. The predicted octanol–water partition coefficient (Wildman–Crippen LogP) is 3.94. The molecule has 5 nitrogen and oxygen atoms in total. The van der Waals surface area contributed by atoms with Crippen LogP contribution in [0.15, 0.2) is 41.4 Å². The summed E-state index contributed by atoms with van der Waals surface area (Å²) in [4.78, 5) is 18.7. The lowest BCUT2D eigenvalue weighted by molar-refractivity contribution is -0.115. The summed E-state index contributed by atoms with van der Waals surface area (Å²) in [7, 11) is 4.13. The maximum Gasteiger partial charge on any atom is 0.237 e. The first kappa shape index (κ1) is 19.0. The zero-order chi connectivity index (χ0) is 19.4. The number of halogens is 1. The van der Waals surface area contributed by atoms with Crippen molar-refractivity contribution in [3.05, 3.63) is 53.3 Å². The minimum Gasteiger partial charge on any atom is -0.385 e. The van der Waals surface area contributed by atoms with Gasteiger partial charge in [-0.25, -0.2) is 4.39 Å². The molecule has 27 heavy (non-hydrogen) atoms. The van der Waals surface area contributed by atoms with Crippen molar-refractivity contribution in [3.8, 4) is 0 Å². The molecule has 1 atom stereocenters. The van der Waals surface area contributed by atoms with Gasteiger partial charge in [0, 0.05) is 24.1 Å². The number of carbonyl (C=O) groups excluding carboxylic acids is 1. The second-order valence-corrected chi connectivity index (χ2v) is 7.06. The van der Waals surface area contributed by atoms with E-state index in [1.54, 1.807) is 12.3 Å². The van der Waals surface area contributed by atoms with Gasteiger partial charge in [-0.1, -0.05) is 0 Å². The molecule has 6 heteroatoms. The quantitative estimate of drug-likeness (QED) is 0.575. The maximum atomic E-state index is 13.5. The van der Waals surface area contributed by atoms with Crippen molar-refractivity contribution in [2.75, 3.05) is 37.8 Å². The van der Waals surface area contributed by atoms with Crippen molar-refractivity contribution >= 4 is 29.2 Å². The summed E-state index contributed by atoms with van der Waals surface area (Å²) in [6, 6.07) is 10.2. The molecule has 2 N–H and O–H groups in total. The Morgan fingerprint density at radius 3 is 2.81 bits per heavy atom. The second kappa shape index (κ2) is 8.31. The number of benzene rings is 2. The van der Waals surface area contributed by atoms with Gasteiger partial charge in [0.1, 0.15) is 11.7 Å². The first-order valence-corrected chi connectivity index (χ1v) is 9.08. The molecule has 0 aromatic heterocycles. The third-order valence-electron chi connectivity index (χ3n) is 4.57. The molecule has 1 unspecified atom stereocenters. The average Bonchev–Trinajstić information content (AvgIpc) is 2.92. The number of anilines is 2. The molecule has 1 amide bonds. The number of hydrogen-bond acceptors (Lipinski definition) is 4. The van der Waals surface area contributed by atoms with Gasteiger partial charge in [-0.05, 0) is 81.5 Å². The van der Waals surface area contributed by atoms with Gasteiger partial charge < -0.3 is 15.5 Å². The Kier molecular flexibility index (Phi) is 5.86. The number of fused-ring (bicyclic) bond motifs is 1. The van der Waals surface area contributed by atoms with E-state index in [2.05, 4.69) is 34.6 Å². The molecule has 0 aliphatic carbocycles. The molecule has 0 saturated heterocycles. The number of amides is 1. The zero-order valence-electron chi connectivity index (χ0n) is 15.9. The Morgan fingerprint density at radius 2 is 2.07 bits per heavy atom. The molecule has 0 fully saturated rings. The number of nitrogens with one attached hydrogen (secondary N) is 2. The van der Waals surface area contributed by atoms with Crippen LogP contribution in [0.25, 0.3) is 0 Å². The van der Waals surface area contributed by atoms with Gasteiger partial charge in [0.15, 0.2) is 0 Å². The van der Waals surface area contributed by atoms with E-state index in [4.69, 9.17) is 0 Å². The van der Waals surface area contributed by atoms with Gasteiger partial charge >= 0.3 is 0 Å². The predicted molar refractivity (Wildman–Crippen MR) is 109 cm³/mol. The summed E-state index contributed by atoms with van der Waals surface area (Å²) >= 11 is 0. The molecule has 0 radical (unpaired) electrons. The third kappa shape index (κ3) is 4.71. The monoisotopic (exact) mass is 368 g/mol. The van der Waals surface area contributed by atoms with Gasteiger partial charge in [-0.2, -0.15) is 0 Å². The van der Waals surface area contributed by atoms with Gasteiger partial charge in [0.05, 0.1) is 5.69 Å². The van der Waals surface area contributed by atoms with Gasteiger partial charge in [0.2, 0.25) is 5.91 Å². The minimum atomic E-state index is -0.570. The van der Waals surface area contributed by atoms with E-state index in [1.807, 2.05) is 25.1 Å². The maximum absolute atomic E-state index is 13.5. The topological polar surface area (TPSA) is 56.7 Å². The Morgan fingerprint density at radius 1 is 1.26 bits per heavy atom. The van der Waals surface area contributed by atoms with E-state index in [1.165, 1.54) is 12.1 Å². The number of aliphatic imine (C=N–C) groups is 1. The molecule has 142 valence electrons. The second-order valence-electron chi connectivity index (χ2n) is 7.06. The molecule has 2 aromatic rings. The smallest absolute Gasteiger partial charge is 0.237 e. The highest BCUT2D eigenvalue weighted by atomic mass is 19.1. The summed E-state index contributed by atoms with van der Waals surface area (Å²) in [6.07, 6.45) is 2.65. The van der Waals surface area contributed by atoms with Crippen LogP contribution in [0.1, 0.15) is 23.5 Å². The molecule has 1 heterocycles. The lowest BCUT2D eigenvalue weighted by atomic mass is 10.0. The highest BCUT2D eigenvalue weighted by Crippen LogP contribution is 2.32. The fourth-order valence-electron chi connectivity index (χ4n) is 3.11. The van der Waals surface area contributed by atoms with Crippen molar-refractivity contribution in [1.29, 1.82) is 0 Å². The lowest BCUT2D eigenvalue weighted by Crippen LogP contribution is -2.16. The Balaban J connectivity index is 1.67. The van der Waals surface area contributed by atoms with E-state index in [0.29, 0.717) is 11.3 Å². The fourth-order valence-corrected chi connectivity index (χ4v) is 3.11. The van der Waals surface area contributed by atoms with Crippen molar-refractivity contribution in [2.24, 2.45) is 4.99 Å². The van der Waals surface area contributed by atoms with Crippen molar-refractivity contribution in [2.45, 2.75) is 19.3 Å². The van der Waals surface area contributed by atoms with Gasteiger partial charge in [-0.15, -0.1) is 0 Å². The lowest BCUT2D eigenvalue weighted by Gasteiger charge is -2.12. The van der Waals surface area contributed by atoms with Crippen LogP contribution in [0.3, 0.4) is 0 Å². The van der Waals surface area contributed by atoms with Gasteiger partial charge in [0.25, 0.3) is 0 Å². The summed E-state index contributed by atoms with van der Waals surface area (Å²) < 4.78 is 13.5. The summed E-state index contributed by atoms with van der Waals surface area (Å²) in [5, 5.41) is 6.19. The Labute approximate surface area is 159 Å². The first-order valence-electron chi connectivity index (χ1n) is 9.08. The molecular formula is C21H25FN4O. The van der Waals surface area contributed by atoms with E-state index >= 15 is 0 Å². The number of carbonyl (C=O) groups is 1. The van der Waals surface area contributed by atoms with Crippen LogP contribution in [0.4, 0.5) is 21.5 Å². The van der Waals surface area contributed by atoms with Crippen LogP contribution in [0.2, 0.25) is 0 Å². The molecule has 1 aliphatic rings. The fraction of sp³-hybridized carbons (Fsp3) is 0.333. The molecule has 0 saturated carbocycles.